The summed E-state index contributed by atoms with van der Waals surface area (Å²) in [6, 6.07) is 6.03. The minimum Gasteiger partial charge on any atom is -0.493 e. The van der Waals surface area contributed by atoms with Gasteiger partial charge in [0.15, 0.2) is 0 Å². The predicted octanol–water partition coefficient (Wildman–Crippen LogP) is 5.83. The highest BCUT2D eigenvalue weighted by molar-refractivity contribution is 9.10. The van der Waals surface area contributed by atoms with Crippen molar-refractivity contribution in [3.63, 3.8) is 0 Å². The summed E-state index contributed by atoms with van der Waals surface area (Å²) in [5, 5.41) is 11.0. The maximum Gasteiger partial charge on any atom is 0.347 e. The second-order valence-corrected chi connectivity index (χ2v) is 8.78. The van der Waals surface area contributed by atoms with Gasteiger partial charge in [0.2, 0.25) is 0 Å². The molecular formula is C17H16BrNO3S2. The molecule has 0 aliphatic heterocycles. The Kier molecular flexibility index (Phi) is 4.94. The van der Waals surface area contributed by atoms with Crippen LogP contribution in [0.5, 0.6) is 5.75 Å². The fourth-order valence-corrected chi connectivity index (χ4v) is 4.93. The second kappa shape index (κ2) is 6.82. The standard InChI is InChI=1S/C17H16BrNO3S2/c1-8(2)7-22-11-4-10-5-13(23-15(10)12(18)6-11)16-19-9(3)14(24-16)17(20)21/h4-6,8H,7H2,1-3H3,(H,20,21). The molecular weight excluding hydrogens is 410 g/mol. The number of carboxylic acids is 1. The molecule has 2 aromatic heterocycles. The first-order chi connectivity index (χ1) is 11.3. The van der Waals surface area contributed by atoms with Gasteiger partial charge in [-0.2, -0.15) is 0 Å². The molecule has 24 heavy (non-hydrogen) atoms. The van der Waals surface area contributed by atoms with E-state index in [1.54, 1.807) is 18.3 Å². The van der Waals surface area contributed by atoms with Crippen molar-refractivity contribution in [1.29, 1.82) is 0 Å². The summed E-state index contributed by atoms with van der Waals surface area (Å²) in [5.74, 6) is 0.363. The normalized spacial score (nSPS) is 11.4. The van der Waals surface area contributed by atoms with Crippen LogP contribution in [0.3, 0.4) is 0 Å². The van der Waals surface area contributed by atoms with E-state index in [0.717, 1.165) is 30.2 Å². The van der Waals surface area contributed by atoms with E-state index in [-0.39, 0.29) is 0 Å². The molecule has 2 heterocycles. The average Bonchev–Trinajstić information content (AvgIpc) is 3.08. The largest absolute Gasteiger partial charge is 0.493 e. The second-order valence-electron chi connectivity index (χ2n) is 5.88. The van der Waals surface area contributed by atoms with Crippen molar-refractivity contribution in [2.75, 3.05) is 6.61 Å². The maximum atomic E-state index is 11.2. The van der Waals surface area contributed by atoms with Gasteiger partial charge in [-0.1, -0.05) is 13.8 Å². The van der Waals surface area contributed by atoms with E-state index in [1.165, 1.54) is 11.3 Å². The molecule has 0 fully saturated rings. The molecule has 0 amide bonds. The number of hydrogen-bond donors (Lipinski definition) is 1. The molecule has 1 aromatic carbocycles. The van der Waals surface area contributed by atoms with E-state index in [2.05, 4.69) is 34.8 Å². The number of thiazole rings is 1. The molecule has 3 rings (SSSR count). The van der Waals surface area contributed by atoms with Crippen molar-refractivity contribution in [3.8, 4) is 15.6 Å². The van der Waals surface area contributed by atoms with Crippen molar-refractivity contribution in [1.82, 2.24) is 4.98 Å². The van der Waals surface area contributed by atoms with E-state index in [4.69, 9.17) is 4.74 Å². The Balaban J connectivity index is 2.00. The Labute approximate surface area is 156 Å². The van der Waals surface area contributed by atoms with Gasteiger partial charge in [0.1, 0.15) is 15.6 Å². The molecule has 3 aromatic rings. The fourth-order valence-electron chi connectivity index (χ4n) is 2.24. The number of carboxylic acid groups (broad SMARTS) is 1. The third-order valence-electron chi connectivity index (χ3n) is 3.33. The summed E-state index contributed by atoms with van der Waals surface area (Å²) < 4.78 is 7.89. The monoisotopic (exact) mass is 425 g/mol. The first-order valence-electron chi connectivity index (χ1n) is 7.42. The zero-order valence-electron chi connectivity index (χ0n) is 13.4. The van der Waals surface area contributed by atoms with Crippen molar-refractivity contribution in [2.24, 2.45) is 5.92 Å². The smallest absolute Gasteiger partial charge is 0.347 e. The van der Waals surface area contributed by atoms with Gasteiger partial charge >= 0.3 is 5.97 Å². The number of aromatic carboxylic acids is 1. The van der Waals surface area contributed by atoms with Crippen molar-refractivity contribution in [3.05, 3.63) is 33.2 Å². The number of fused-ring (bicyclic) bond motifs is 1. The lowest BCUT2D eigenvalue weighted by atomic mass is 10.2. The molecule has 0 aliphatic rings. The summed E-state index contributed by atoms with van der Waals surface area (Å²) in [6.45, 7) is 6.62. The number of aryl methyl sites for hydroxylation is 1. The van der Waals surface area contributed by atoms with Crippen molar-refractivity contribution < 1.29 is 14.6 Å². The number of ether oxygens (including phenoxy) is 1. The van der Waals surface area contributed by atoms with Gasteiger partial charge < -0.3 is 9.84 Å². The molecule has 7 heteroatoms. The van der Waals surface area contributed by atoms with Crippen LogP contribution < -0.4 is 4.74 Å². The van der Waals surface area contributed by atoms with E-state index in [1.807, 2.05) is 18.2 Å². The highest BCUT2D eigenvalue weighted by Crippen LogP contribution is 2.41. The fraction of sp³-hybridized carbons (Fsp3) is 0.294. The predicted molar refractivity (Wildman–Crippen MR) is 103 cm³/mol. The first-order valence-corrected chi connectivity index (χ1v) is 9.84. The van der Waals surface area contributed by atoms with Crippen molar-refractivity contribution >= 4 is 54.7 Å². The van der Waals surface area contributed by atoms with Gasteiger partial charge in [0.25, 0.3) is 0 Å². The van der Waals surface area contributed by atoms with Crippen LogP contribution in [0.15, 0.2) is 22.7 Å². The summed E-state index contributed by atoms with van der Waals surface area (Å²) in [7, 11) is 0. The molecule has 0 saturated carbocycles. The van der Waals surface area contributed by atoms with Crippen LogP contribution in [0.4, 0.5) is 0 Å². The van der Waals surface area contributed by atoms with Crippen LogP contribution in [0.2, 0.25) is 0 Å². The zero-order chi connectivity index (χ0) is 17.4. The molecule has 0 bridgehead atoms. The molecule has 0 saturated heterocycles. The highest BCUT2D eigenvalue weighted by atomic mass is 79.9. The van der Waals surface area contributed by atoms with Crippen LogP contribution in [-0.4, -0.2) is 22.7 Å². The molecule has 1 N–H and O–H groups in total. The van der Waals surface area contributed by atoms with E-state index in [0.29, 0.717) is 23.1 Å². The number of thiophene rings is 1. The first kappa shape index (κ1) is 17.4. The summed E-state index contributed by atoms with van der Waals surface area (Å²) >= 11 is 6.41. The van der Waals surface area contributed by atoms with Crippen LogP contribution in [0.1, 0.15) is 29.2 Å². The topological polar surface area (TPSA) is 59.4 Å². The minimum absolute atomic E-state index is 0.294. The van der Waals surface area contributed by atoms with Crippen LogP contribution in [0, 0.1) is 12.8 Å². The number of hydrogen-bond acceptors (Lipinski definition) is 5. The Morgan fingerprint density at radius 1 is 1.33 bits per heavy atom. The number of nitrogens with zero attached hydrogens (tertiary/aromatic N) is 1. The molecule has 0 spiro atoms. The third-order valence-corrected chi connectivity index (χ3v) is 6.72. The van der Waals surface area contributed by atoms with Gasteiger partial charge in [-0.25, -0.2) is 9.78 Å². The SMILES string of the molecule is Cc1nc(-c2cc3cc(OCC(C)C)cc(Br)c3s2)sc1C(=O)O. The van der Waals surface area contributed by atoms with Gasteiger partial charge in [-0.15, -0.1) is 22.7 Å². The Hall–Kier alpha value is -1.44. The van der Waals surface area contributed by atoms with Gasteiger partial charge in [-0.05, 0) is 52.4 Å². The van der Waals surface area contributed by atoms with Crippen LogP contribution in [-0.2, 0) is 0 Å². The third kappa shape index (κ3) is 3.48. The molecule has 0 unspecified atom stereocenters. The lowest BCUT2D eigenvalue weighted by molar-refractivity contribution is 0.0701. The summed E-state index contributed by atoms with van der Waals surface area (Å²) in [6.07, 6.45) is 0. The van der Waals surface area contributed by atoms with Crippen LogP contribution >= 0.6 is 38.6 Å². The number of benzene rings is 1. The molecule has 126 valence electrons. The Morgan fingerprint density at radius 3 is 2.71 bits per heavy atom. The number of aromatic nitrogens is 1. The summed E-state index contributed by atoms with van der Waals surface area (Å²) in [5.41, 5.74) is 0.556. The Morgan fingerprint density at radius 2 is 2.08 bits per heavy atom. The quantitative estimate of drug-likeness (QED) is 0.558. The zero-order valence-corrected chi connectivity index (χ0v) is 16.6. The van der Waals surface area contributed by atoms with E-state index >= 15 is 0 Å². The van der Waals surface area contributed by atoms with Gasteiger partial charge in [0.05, 0.1) is 17.2 Å². The highest BCUT2D eigenvalue weighted by Gasteiger charge is 2.17. The molecule has 0 atom stereocenters. The molecule has 4 nitrogen and oxygen atoms in total. The van der Waals surface area contributed by atoms with Gasteiger partial charge in [-0.3, -0.25) is 0 Å². The summed E-state index contributed by atoms with van der Waals surface area (Å²) in [4.78, 5) is 16.9. The molecule has 0 aliphatic carbocycles. The Bertz CT molecular complexity index is 914. The van der Waals surface area contributed by atoms with Gasteiger partial charge in [0, 0.05) is 9.17 Å². The van der Waals surface area contributed by atoms with Crippen LogP contribution in [0.25, 0.3) is 20.0 Å². The number of halogens is 1. The minimum atomic E-state index is -0.928. The lowest BCUT2D eigenvalue weighted by Gasteiger charge is -2.09. The number of carbonyl (C=O) groups is 1. The lowest BCUT2D eigenvalue weighted by Crippen LogP contribution is -2.04. The van der Waals surface area contributed by atoms with E-state index in [9.17, 15) is 9.90 Å². The number of rotatable bonds is 5. The van der Waals surface area contributed by atoms with E-state index < -0.39 is 5.97 Å². The van der Waals surface area contributed by atoms with Crippen molar-refractivity contribution in [2.45, 2.75) is 20.8 Å². The molecule has 0 radical (unpaired) electrons. The maximum absolute atomic E-state index is 11.2. The average molecular weight is 426 g/mol.